The molecule has 0 bridgehead atoms. The molecule has 0 unspecified atom stereocenters. The molecule has 0 fully saturated rings. The van der Waals surface area contributed by atoms with Gasteiger partial charge in [-0.3, -0.25) is 0 Å². The lowest BCUT2D eigenvalue weighted by atomic mass is 9.86. The topological polar surface area (TPSA) is 3.24 Å². The molecule has 0 N–H and O–H groups in total. The Morgan fingerprint density at radius 2 is 0.569 bits per heavy atom. The maximum atomic E-state index is 15.0. The lowest BCUT2D eigenvalue weighted by molar-refractivity contribution is 0.571. The van der Waals surface area contributed by atoms with Crippen LogP contribution in [-0.4, -0.2) is 0 Å². The van der Waals surface area contributed by atoms with E-state index in [2.05, 4.69) is 104 Å². The smallest absolute Gasteiger partial charge is 0.130 e. The predicted molar refractivity (Wildman–Crippen MR) is 243 cm³/mol. The summed E-state index contributed by atoms with van der Waals surface area (Å²) in [6.45, 7) is 18.7. The summed E-state index contributed by atoms with van der Waals surface area (Å²) >= 11 is 0. The molecule has 0 saturated carbocycles. The van der Waals surface area contributed by atoms with Gasteiger partial charge in [-0.1, -0.05) is 172 Å². The molecule has 6 aromatic rings. The minimum absolute atomic E-state index is 0.129. The normalized spacial score (nSPS) is 12.6. The number of anilines is 3. The fourth-order valence-electron chi connectivity index (χ4n) is 6.60. The molecule has 0 radical (unpaired) electrons. The Labute approximate surface area is 343 Å². The number of hydrogen-bond acceptors (Lipinski definition) is 1. The van der Waals surface area contributed by atoms with E-state index in [1.807, 2.05) is 109 Å². The number of nitrogens with zero attached hydrogens (tertiary/aromatic N) is 1. The zero-order valence-electron chi connectivity index (χ0n) is 35.2. The van der Waals surface area contributed by atoms with Crippen LogP contribution in [0.3, 0.4) is 0 Å². The summed E-state index contributed by atoms with van der Waals surface area (Å²) in [5, 5.41) is 0. The van der Waals surface area contributed by atoms with E-state index >= 15 is 0 Å². The van der Waals surface area contributed by atoms with E-state index in [4.69, 9.17) is 0 Å². The van der Waals surface area contributed by atoms with E-state index in [9.17, 15) is 13.2 Å². The summed E-state index contributed by atoms with van der Waals surface area (Å²) < 4.78 is 45.0. The second-order valence-corrected chi connectivity index (χ2v) is 18.1. The molecular weight excluding hydrogens is 720 g/mol. The Kier molecular flexibility index (Phi) is 12.2. The van der Waals surface area contributed by atoms with Crippen LogP contribution in [0.2, 0.25) is 0 Å². The van der Waals surface area contributed by atoms with Crippen LogP contribution in [0.15, 0.2) is 127 Å². The Balaban J connectivity index is 1.27. The standard InChI is InChI=1S/C54H54F3N/c1-52(2,3)43-25-22-40(49(55)34-43)19-10-37-13-28-46(29-14-37)58(47-30-15-38(16-31-47)11-20-41-23-26-44(35-50(41)56)53(4,5)6)48-32-17-39(18-33-48)12-21-42-24-27-45(36-51(42)57)54(7,8)9/h10-36H,1-9H3. The third kappa shape index (κ3) is 10.3. The van der Waals surface area contributed by atoms with Crippen molar-refractivity contribution in [3.8, 4) is 0 Å². The van der Waals surface area contributed by atoms with Crippen LogP contribution in [0.4, 0.5) is 30.2 Å². The zero-order valence-corrected chi connectivity index (χ0v) is 35.2. The number of hydrogen-bond donors (Lipinski definition) is 0. The van der Waals surface area contributed by atoms with Gasteiger partial charge >= 0.3 is 0 Å². The van der Waals surface area contributed by atoms with Gasteiger partial charge in [-0.25, -0.2) is 13.2 Å². The summed E-state index contributed by atoms with van der Waals surface area (Å²) in [6, 6.07) is 40.7. The van der Waals surface area contributed by atoms with Crippen LogP contribution in [0, 0.1) is 17.5 Å². The summed E-state index contributed by atoms with van der Waals surface area (Å²) in [5.41, 5.74) is 9.73. The molecule has 58 heavy (non-hydrogen) atoms. The first kappa shape index (κ1) is 41.8. The van der Waals surface area contributed by atoms with Gasteiger partial charge in [0.25, 0.3) is 0 Å². The Morgan fingerprint density at radius 1 is 0.328 bits per heavy atom. The third-order valence-corrected chi connectivity index (χ3v) is 10.4. The minimum atomic E-state index is -0.241. The minimum Gasteiger partial charge on any atom is -0.311 e. The van der Waals surface area contributed by atoms with E-state index in [0.29, 0.717) is 16.7 Å². The molecule has 0 atom stereocenters. The first-order valence-corrected chi connectivity index (χ1v) is 19.9. The quantitative estimate of drug-likeness (QED) is 0.132. The molecular formula is C54H54F3N. The molecule has 0 aliphatic carbocycles. The maximum Gasteiger partial charge on any atom is 0.130 e. The second-order valence-electron chi connectivity index (χ2n) is 18.1. The summed E-state index contributed by atoms with van der Waals surface area (Å²) in [5.74, 6) is -0.722. The van der Waals surface area contributed by atoms with Gasteiger partial charge in [0, 0.05) is 33.8 Å². The van der Waals surface area contributed by atoms with Gasteiger partial charge in [-0.05, 0) is 104 Å². The van der Waals surface area contributed by atoms with Crippen LogP contribution in [-0.2, 0) is 16.2 Å². The van der Waals surface area contributed by atoms with Gasteiger partial charge in [-0.15, -0.1) is 0 Å². The fraction of sp³-hybridized carbons (Fsp3) is 0.222. The Morgan fingerprint density at radius 3 is 0.776 bits per heavy atom. The van der Waals surface area contributed by atoms with Crippen molar-refractivity contribution in [2.24, 2.45) is 0 Å². The van der Waals surface area contributed by atoms with Crippen molar-refractivity contribution in [2.45, 2.75) is 78.6 Å². The lowest BCUT2D eigenvalue weighted by Gasteiger charge is -2.26. The van der Waals surface area contributed by atoms with Gasteiger partial charge in [0.15, 0.2) is 0 Å². The van der Waals surface area contributed by atoms with Crippen LogP contribution >= 0.6 is 0 Å². The van der Waals surface area contributed by atoms with Crippen molar-refractivity contribution in [1.29, 1.82) is 0 Å². The lowest BCUT2D eigenvalue weighted by Crippen LogP contribution is -2.11. The molecule has 296 valence electrons. The highest BCUT2D eigenvalue weighted by molar-refractivity contribution is 5.81. The number of benzene rings is 6. The van der Waals surface area contributed by atoms with Gasteiger partial charge < -0.3 is 4.90 Å². The van der Waals surface area contributed by atoms with E-state index in [-0.39, 0.29) is 33.7 Å². The average molecular weight is 774 g/mol. The second kappa shape index (κ2) is 16.9. The molecule has 6 aromatic carbocycles. The van der Waals surface area contributed by atoms with E-state index < -0.39 is 0 Å². The van der Waals surface area contributed by atoms with Crippen LogP contribution in [0.5, 0.6) is 0 Å². The summed E-state index contributed by atoms with van der Waals surface area (Å²) in [4.78, 5) is 2.16. The largest absolute Gasteiger partial charge is 0.311 e. The van der Waals surface area contributed by atoms with Gasteiger partial charge in [0.2, 0.25) is 0 Å². The molecule has 0 aliphatic rings. The van der Waals surface area contributed by atoms with Gasteiger partial charge in [0.05, 0.1) is 0 Å². The highest BCUT2D eigenvalue weighted by atomic mass is 19.1. The predicted octanol–water partition coefficient (Wildman–Crippen LogP) is 16.0. The van der Waals surface area contributed by atoms with E-state index in [0.717, 1.165) is 50.4 Å². The van der Waals surface area contributed by atoms with Crippen LogP contribution < -0.4 is 4.90 Å². The fourth-order valence-corrected chi connectivity index (χ4v) is 6.60. The van der Waals surface area contributed by atoms with E-state index in [1.165, 1.54) is 0 Å². The van der Waals surface area contributed by atoms with Crippen molar-refractivity contribution in [2.75, 3.05) is 4.90 Å². The molecule has 6 rings (SSSR count). The Bertz CT molecular complexity index is 2170. The van der Waals surface area contributed by atoms with Gasteiger partial charge in [0.1, 0.15) is 17.5 Å². The van der Waals surface area contributed by atoms with Crippen molar-refractivity contribution in [1.82, 2.24) is 0 Å². The summed E-state index contributed by atoms with van der Waals surface area (Å²) in [6.07, 6.45) is 11.2. The Hall–Kier alpha value is -5.87. The van der Waals surface area contributed by atoms with E-state index in [1.54, 1.807) is 18.2 Å². The molecule has 0 aromatic heterocycles. The monoisotopic (exact) mass is 773 g/mol. The average Bonchev–Trinajstić information content (AvgIpc) is 3.17. The summed E-state index contributed by atoms with van der Waals surface area (Å²) in [7, 11) is 0. The number of halogens is 3. The zero-order chi connectivity index (χ0) is 41.8. The van der Waals surface area contributed by atoms with Crippen LogP contribution in [0.1, 0.15) is 112 Å². The van der Waals surface area contributed by atoms with Crippen LogP contribution in [0.25, 0.3) is 36.5 Å². The van der Waals surface area contributed by atoms with Crippen molar-refractivity contribution in [3.63, 3.8) is 0 Å². The maximum absolute atomic E-state index is 15.0. The molecule has 0 spiro atoms. The molecule has 0 aliphatic heterocycles. The van der Waals surface area contributed by atoms with Crippen molar-refractivity contribution < 1.29 is 13.2 Å². The highest BCUT2D eigenvalue weighted by Gasteiger charge is 2.18. The molecule has 4 heteroatoms. The number of rotatable bonds is 9. The highest BCUT2D eigenvalue weighted by Crippen LogP contribution is 2.36. The molecule has 1 nitrogen and oxygen atoms in total. The molecule has 0 saturated heterocycles. The van der Waals surface area contributed by atoms with Gasteiger partial charge in [-0.2, -0.15) is 0 Å². The van der Waals surface area contributed by atoms with Crippen molar-refractivity contribution in [3.05, 3.63) is 195 Å². The molecule has 0 amide bonds. The van der Waals surface area contributed by atoms with Crippen molar-refractivity contribution >= 4 is 53.5 Å². The first-order valence-electron chi connectivity index (χ1n) is 19.9. The third-order valence-electron chi connectivity index (χ3n) is 10.4. The SMILES string of the molecule is CC(C)(C)c1ccc(C=Cc2ccc(N(c3ccc(C=Cc4ccc(C(C)(C)C)cc4F)cc3)c3ccc(C=Cc4ccc(C(C)(C)C)cc4F)cc3)cc2)c(F)c1. The molecule has 0 heterocycles. The first-order chi connectivity index (χ1) is 27.3.